The predicted octanol–water partition coefficient (Wildman–Crippen LogP) is -2.51. The van der Waals surface area contributed by atoms with E-state index in [4.69, 9.17) is 10.8 Å². The lowest BCUT2D eigenvalue weighted by atomic mass is 10.0. The number of aliphatic hydroxyl groups excluding tert-OH is 1. The molecule has 1 rings (SSSR count). The highest BCUT2D eigenvalue weighted by Crippen LogP contribution is 2.05. The van der Waals surface area contributed by atoms with E-state index in [0.717, 1.165) is 0 Å². The molecule has 0 aromatic carbocycles. The normalized spacial score (nSPS) is 15.1. The standard InChI is InChI=1S/C17H28N6O6/c1-8(2)13(16(28)20-6-12(25)26)22-17(29)14(9(3)24)23-15(27)11(18)4-10-5-19-7-21-10/h5,7-9,11,13-14,24H,4,6,18H2,1-3H3,(H,19,21)(H,20,28)(H,22,29)(H,23,27)(H,25,26). The minimum atomic E-state index is -1.36. The van der Waals surface area contributed by atoms with Crippen molar-refractivity contribution in [3.05, 3.63) is 18.2 Å². The molecule has 4 unspecified atom stereocenters. The number of aromatic amines is 1. The molecular formula is C17H28N6O6. The molecule has 0 bridgehead atoms. The number of rotatable bonds is 11. The van der Waals surface area contributed by atoms with E-state index < -0.39 is 54.5 Å². The third kappa shape index (κ3) is 7.87. The van der Waals surface area contributed by atoms with Crippen molar-refractivity contribution in [3.63, 3.8) is 0 Å². The van der Waals surface area contributed by atoms with E-state index in [1.54, 1.807) is 13.8 Å². The first-order valence-corrected chi connectivity index (χ1v) is 9.04. The number of carboxylic acids is 1. The number of nitrogens with one attached hydrogen (secondary N) is 4. The summed E-state index contributed by atoms with van der Waals surface area (Å²) in [5, 5.41) is 25.6. The fourth-order valence-corrected chi connectivity index (χ4v) is 2.44. The molecule has 0 saturated carbocycles. The number of hydrogen-bond donors (Lipinski definition) is 7. The number of carbonyl (C=O) groups is 4. The van der Waals surface area contributed by atoms with Gasteiger partial charge in [-0.3, -0.25) is 19.2 Å². The van der Waals surface area contributed by atoms with E-state index in [1.807, 2.05) is 0 Å². The number of aliphatic hydroxyl groups is 1. The summed E-state index contributed by atoms with van der Waals surface area (Å²) in [6, 6.07) is -3.41. The molecule has 0 saturated heterocycles. The first-order valence-electron chi connectivity index (χ1n) is 9.04. The largest absolute Gasteiger partial charge is 0.480 e. The van der Waals surface area contributed by atoms with Crippen LogP contribution in [0.5, 0.6) is 0 Å². The summed E-state index contributed by atoms with van der Waals surface area (Å²) in [6.07, 6.45) is 1.82. The van der Waals surface area contributed by atoms with Crippen LogP contribution in [0.2, 0.25) is 0 Å². The fraction of sp³-hybridized carbons (Fsp3) is 0.588. The molecule has 0 fully saturated rings. The van der Waals surface area contributed by atoms with Crippen molar-refractivity contribution in [1.29, 1.82) is 0 Å². The Balaban J connectivity index is 2.77. The topological polar surface area (TPSA) is 200 Å². The Hall–Kier alpha value is -2.99. The summed E-state index contributed by atoms with van der Waals surface area (Å²) in [7, 11) is 0. The number of aliphatic carboxylic acids is 1. The molecular weight excluding hydrogens is 384 g/mol. The van der Waals surface area contributed by atoms with Gasteiger partial charge in [0.25, 0.3) is 0 Å². The lowest BCUT2D eigenvalue weighted by molar-refractivity contribution is -0.139. The molecule has 1 aromatic heterocycles. The SMILES string of the molecule is CC(C)C(NC(=O)C(NC(=O)C(N)Cc1cnc[nH]1)C(C)O)C(=O)NCC(=O)O. The average molecular weight is 412 g/mol. The maximum atomic E-state index is 12.6. The van der Waals surface area contributed by atoms with Crippen molar-refractivity contribution < 1.29 is 29.4 Å². The number of carbonyl (C=O) groups excluding carboxylic acids is 3. The van der Waals surface area contributed by atoms with Crippen LogP contribution in [0.3, 0.4) is 0 Å². The van der Waals surface area contributed by atoms with Crippen molar-refractivity contribution in [3.8, 4) is 0 Å². The van der Waals surface area contributed by atoms with Gasteiger partial charge in [-0.25, -0.2) is 4.98 Å². The van der Waals surface area contributed by atoms with Gasteiger partial charge in [-0.2, -0.15) is 0 Å². The van der Waals surface area contributed by atoms with Gasteiger partial charge in [0.05, 0.1) is 18.5 Å². The Labute approximate surface area is 167 Å². The van der Waals surface area contributed by atoms with Gasteiger partial charge >= 0.3 is 5.97 Å². The Bertz CT molecular complexity index is 705. The van der Waals surface area contributed by atoms with E-state index in [9.17, 15) is 24.3 Å². The molecule has 29 heavy (non-hydrogen) atoms. The summed E-state index contributed by atoms with van der Waals surface area (Å²) >= 11 is 0. The number of nitrogens with zero attached hydrogens (tertiary/aromatic N) is 1. The molecule has 4 atom stereocenters. The predicted molar refractivity (Wildman–Crippen MR) is 101 cm³/mol. The zero-order chi connectivity index (χ0) is 22.1. The number of hydrogen-bond acceptors (Lipinski definition) is 7. The molecule has 0 aliphatic carbocycles. The molecule has 1 heterocycles. The summed E-state index contributed by atoms with van der Waals surface area (Å²) < 4.78 is 0. The van der Waals surface area contributed by atoms with Crippen molar-refractivity contribution in [2.24, 2.45) is 11.7 Å². The first-order chi connectivity index (χ1) is 13.5. The highest BCUT2D eigenvalue weighted by Gasteiger charge is 2.32. The van der Waals surface area contributed by atoms with Crippen LogP contribution in [0, 0.1) is 5.92 Å². The van der Waals surface area contributed by atoms with Crippen LogP contribution in [0.1, 0.15) is 26.5 Å². The Kier molecular flexibility index (Phi) is 9.22. The van der Waals surface area contributed by atoms with Gasteiger partial charge in [0.2, 0.25) is 17.7 Å². The molecule has 0 radical (unpaired) electrons. The first kappa shape index (κ1) is 24.0. The van der Waals surface area contributed by atoms with Gasteiger partial charge in [-0.15, -0.1) is 0 Å². The fourth-order valence-electron chi connectivity index (χ4n) is 2.44. The number of H-pyrrole nitrogens is 1. The van der Waals surface area contributed by atoms with Gasteiger partial charge in [-0.05, 0) is 12.8 Å². The number of imidazole rings is 1. The summed E-state index contributed by atoms with van der Waals surface area (Å²) in [4.78, 5) is 54.3. The molecule has 3 amide bonds. The maximum Gasteiger partial charge on any atom is 0.322 e. The average Bonchev–Trinajstić information content (AvgIpc) is 3.13. The van der Waals surface area contributed by atoms with Crippen LogP contribution >= 0.6 is 0 Å². The summed E-state index contributed by atoms with van der Waals surface area (Å²) in [5.74, 6) is -3.76. The van der Waals surface area contributed by atoms with Crippen LogP contribution < -0.4 is 21.7 Å². The zero-order valence-corrected chi connectivity index (χ0v) is 16.5. The summed E-state index contributed by atoms with van der Waals surface area (Å²) in [5.41, 5.74) is 6.46. The van der Waals surface area contributed by atoms with Crippen LogP contribution in [-0.2, 0) is 25.6 Å². The third-order valence-corrected chi connectivity index (χ3v) is 4.05. The minimum absolute atomic E-state index is 0.145. The Morgan fingerprint density at radius 1 is 1.10 bits per heavy atom. The van der Waals surface area contributed by atoms with Crippen molar-refractivity contribution in [2.45, 2.75) is 51.4 Å². The minimum Gasteiger partial charge on any atom is -0.480 e. The molecule has 1 aromatic rings. The molecule has 0 aliphatic heterocycles. The van der Waals surface area contributed by atoms with Crippen LogP contribution in [0.25, 0.3) is 0 Å². The maximum absolute atomic E-state index is 12.6. The van der Waals surface area contributed by atoms with Gasteiger partial charge in [-0.1, -0.05) is 13.8 Å². The summed E-state index contributed by atoms with van der Waals surface area (Å²) in [6.45, 7) is 4.01. The highest BCUT2D eigenvalue weighted by molar-refractivity contribution is 5.94. The monoisotopic (exact) mass is 412 g/mol. The Morgan fingerprint density at radius 3 is 2.21 bits per heavy atom. The lowest BCUT2D eigenvalue weighted by Gasteiger charge is -2.27. The third-order valence-electron chi connectivity index (χ3n) is 4.05. The highest BCUT2D eigenvalue weighted by atomic mass is 16.4. The van der Waals surface area contributed by atoms with E-state index in [-0.39, 0.29) is 12.3 Å². The van der Waals surface area contributed by atoms with Crippen LogP contribution in [-0.4, -0.2) is 74.6 Å². The van der Waals surface area contributed by atoms with Crippen LogP contribution in [0.4, 0.5) is 0 Å². The molecule has 0 spiro atoms. The second kappa shape index (κ2) is 11.1. The van der Waals surface area contributed by atoms with E-state index in [1.165, 1.54) is 19.4 Å². The number of carboxylic acid groups (broad SMARTS) is 1. The van der Waals surface area contributed by atoms with Crippen molar-refractivity contribution >= 4 is 23.7 Å². The van der Waals surface area contributed by atoms with Gasteiger partial charge in [0, 0.05) is 18.3 Å². The number of amides is 3. The molecule has 12 heteroatoms. The second-order valence-electron chi connectivity index (χ2n) is 6.96. The van der Waals surface area contributed by atoms with Crippen molar-refractivity contribution in [2.75, 3.05) is 6.54 Å². The van der Waals surface area contributed by atoms with Gasteiger partial charge < -0.3 is 36.9 Å². The quantitative estimate of drug-likeness (QED) is 0.206. The molecule has 162 valence electrons. The van der Waals surface area contributed by atoms with E-state index in [0.29, 0.717) is 5.69 Å². The van der Waals surface area contributed by atoms with E-state index in [2.05, 4.69) is 25.9 Å². The molecule has 12 nitrogen and oxygen atoms in total. The number of nitrogens with two attached hydrogens (primary N) is 1. The molecule has 8 N–H and O–H groups in total. The second-order valence-corrected chi connectivity index (χ2v) is 6.96. The van der Waals surface area contributed by atoms with Gasteiger partial charge in [0.1, 0.15) is 18.6 Å². The van der Waals surface area contributed by atoms with E-state index >= 15 is 0 Å². The van der Waals surface area contributed by atoms with Crippen LogP contribution in [0.15, 0.2) is 12.5 Å². The zero-order valence-electron chi connectivity index (χ0n) is 16.5. The van der Waals surface area contributed by atoms with Gasteiger partial charge in [0.15, 0.2) is 0 Å². The smallest absolute Gasteiger partial charge is 0.322 e. The lowest BCUT2D eigenvalue weighted by Crippen LogP contribution is -2.60. The van der Waals surface area contributed by atoms with Crippen molar-refractivity contribution in [1.82, 2.24) is 25.9 Å². The Morgan fingerprint density at radius 2 is 1.72 bits per heavy atom. The molecule has 0 aliphatic rings. The number of aromatic nitrogens is 2.